The van der Waals surface area contributed by atoms with E-state index in [1.807, 2.05) is 37.5 Å². The number of benzene rings is 1. The maximum atomic E-state index is 13.5. The van der Waals surface area contributed by atoms with Crippen LogP contribution in [0.2, 0.25) is 0 Å². The monoisotopic (exact) mass is 509 g/mol. The van der Waals surface area contributed by atoms with Gasteiger partial charge in [0.1, 0.15) is 0 Å². The van der Waals surface area contributed by atoms with E-state index >= 15 is 0 Å². The molecule has 0 saturated heterocycles. The molecule has 0 radical (unpaired) electrons. The van der Waals surface area contributed by atoms with Crippen molar-refractivity contribution in [3.63, 3.8) is 0 Å². The topological polar surface area (TPSA) is 101 Å². The summed E-state index contributed by atoms with van der Waals surface area (Å²) in [7, 11) is 0. The van der Waals surface area contributed by atoms with Gasteiger partial charge >= 0.3 is 5.97 Å². The molecule has 2 amide bonds. The first-order chi connectivity index (χ1) is 17.2. The van der Waals surface area contributed by atoms with Gasteiger partial charge in [-0.2, -0.15) is 0 Å². The standard InChI is InChI=1S/C28H35N3O4S/c1-16-13-24(36-4)22(27(34)30-16)15-29-28(35)26-18(3)31(23-8-6-5-7-21(23)26)17(2)20-11-9-19(10-12-20)14-25(32)33/h5-8,13,17,19-20,22H,9-12,14-15H2,1-4H3,(H,29,35)(H,32,33)/t17-,19?,20?,22?/m1/s1. The van der Waals surface area contributed by atoms with Crippen molar-refractivity contribution in [1.29, 1.82) is 0 Å². The Hall–Kier alpha value is -2.87. The number of aromatic nitrogens is 1. The molecule has 1 aromatic carbocycles. The predicted molar refractivity (Wildman–Crippen MR) is 145 cm³/mol. The summed E-state index contributed by atoms with van der Waals surface area (Å²) in [5.74, 6) is -0.890. The molecule has 36 heavy (non-hydrogen) atoms. The number of carbonyl (C=O) groups is 3. The number of dihydropyridines is 1. The number of fused-ring (bicyclic) bond motifs is 1. The summed E-state index contributed by atoms with van der Waals surface area (Å²) in [6, 6.07) is 8.17. The number of amides is 2. The highest BCUT2D eigenvalue weighted by Crippen LogP contribution is 2.40. The third-order valence-corrected chi connectivity index (χ3v) is 8.68. The Morgan fingerprint density at radius 2 is 1.89 bits per heavy atom. The Balaban J connectivity index is 1.55. The van der Waals surface area contributed by atoms with Crippen molar-refractivity contribution < 1.29 is 19.5 Å². The molecule has 2 atom stereocenters. The highest BCUT2D eigenvalue weighted by atomic mass is 32.2. The van der Waals surface area contributed by atoms with Crippen LogP contribution >= 0.6 is 11.8 Å². The first-order valence-electron chi connectivity index (χ1n) is 12.7. The first-order valence-corrected chi connectivity index (χ1v) is 13.9. The second-order valence-electron chi connectivity index (χ2n) is 10.1. The number of allylic oxidation sites excluding steroid dienone is 1. The fourth-order valence-electron chi connectivity index (χ4n) is 5.92. The minimum atomic E-state index is -0.716. The van der Waals surface area contributed by atoms with E-state index in [1.165, 1.54) is 11.8 Å². The van der Waals surface area contributed by atoms with E-state index in [1.54, 1.807) is 6.92 Å². The van der Waals surface area contributed by atoms with Gasteiger partial charge in [-0.3, -0.25) is 14.4 Å². The summed E-state index contributed by atoms with van der Waals surface area (Å²) < 4.78 is 2.28. The van der Waals surface area contributed by atoms with Gasteiger partial charge in [0, 0.05) is 46.2 Å². The van der Waals surface area contributed by atoms with Crippen molar-refractivity contribution in [2.45, 2.75) is 58.9 Å². The van der Waals surface area contributed by atoms with Crippen molar-refractivity contribution >= 4 is 46.2 Å². The third-order valence-electron chi connectivity index (χ3n) is 7.81. The molecule has 192 valence electrons. The number of thioether (sulfide) groups is 1. The molecule has 2 aromatic rings. The van der Waals surface area contributed by atoms with Gasteiger partial charge in [-0.25, -0.2) is 4.99 Å². The van der Waals surface area contributed by atoms with Crippen LogP contribution in [0.3, 0.4) is 0 Å². The van der Waals surface area contributed by atoms with Crippen LogP contribution in [-0.2, 0) is 9.59 Å². The Morgan fingerprint density at radius 1 is 1.19 bits per heavy atom. The maximum Gasteiger partial charge on any atom is 0.303 e. The maximum absolute atomic E-state index is 13.5. The lowest BCUT2D eigenvalue weighted by Gasteiger charge is -2.33. The lowest BCUT2D eigenvalue weighted by atomic mass is 9.77. The highest BCUT2D eigenvalue weighted by Gasteiger charge is 2.31. The second-order valence-corrected chi connectivity index (χ2v) is 11.0. The van der Waals surface area contributed by atoms with Crippen molar-refractivity contribution in [2.75, 3.05) is 12.8 Å². The number of carboxylic acid groups (broad SMARTS) is 1. The molecular weight excluding hydrogens is 474 g/mol. The minimum absolute atomic E-state index is 0.181. The van der Waals surface area contributed by atoms with E-state index in [-0.39, 0.29) is 36.7 Å². The summed E-state index contributed by atoms with van der Waals surface area (Å²) in [4.78, 5) is 42.1. The Kier molecular flexibility index (Phi) is 8.03. The molecule has 1 fully saturated rings. The molecule has 1 aliphatic carbocycles. The fraction of sp³-hybridized carbons (Fsp3) is 0.500. The van der Waals surface area contributed by atoms with Gasteiger partial charge in [-0.05, 0) is 76.7 Å². The van der Waals surface area contributed by atoms with Gasteiger partial charge in [0.25, 0.3) is 11.8 Å². The van der Waals surface area contributed by atoms with E-state index in [2.05, 4.69) is 27.9 Å². The van der Waals surface area contributed by atoms with Gasteiger partial charge in [0.2, 0.25) is 0 Å². The summed E-state index contributed by atoms with van der Waals surface area (Å²) >= 11 is 1.51. The van der Waals surface area contributed by atoms with E-state index in [0.717, 1.165) is 47.2 Å². The SMILES string of the molecule is CSC1=CC(C)=NC(=O)C1CNC(=O)c1c(C)n([C@H](C)C2CCC(CC(=O)O)CC2)c2ccccc12. The predicted octanol–water partition coefficient (Wildman–Crippen LogP) is 5.39. The molecule has 2 N–H and O–H groups in total. The van der Waals surface area contributed by atoms with Crippen LogP contribution in [0.25, 0.3) is 10.9 Å². The van der Waals surface area contributed by atoms with Gasteiger partial charge in [0.15, 0.2) is 0 Å². The number of nitrogens with one attached hydrogen (secondary N) is 1. The Bertz CT molecular complexity index is 1240. The summed E-state index contributed by atoms with van der Waals surface area (Å²) in [5, 5.41) is 13.1. The lowest BCUT2D eigenvalue weighted by molar-refractivity contribution is -0.138. The number of hydrogen-bond donors (Lipinski definition) is 2. The van der Waals surface area contributed by atoms with Crippen molar-refractivity contribution in [3.8, 4) is 0 Å². The first kappa shape index (κ1) is 26.2. The molecule has 4 rings (SSSR count). The van der Waals surface area contributed by atoms with E-state index < -0.39 is 11.9 Å². The minimum Gasteiger partial charge on any atom is -0.481 e. The van der Waals surface area contributed by atoms with Crippen LogP contribution in [-0.4, -0.2) is 46.0 Å². The summed E-state index contributed by atoms with van der Waals surface area (Å²) in [6.45, 7) is 6.22. The number of para-hydroxylation sites is 1. The normalized spacial score (nSPS) is 23.2. The number of hydrogen-bond acceptors (Lipinski definition) is 4. The zero-order valence-corrected chi connectivity index (χ0v) is 22.2. The lowest BCUT2D eigenvalue weighted by Crippen LogP contribution is -2.35. The Labute approximate surface area is 216 Å². The molecule has 1 saturated carbocycles. The quantitative estimate of drug-likeness (QED) is 0.497. The summed E-state index contributed by atoms with van der Waals surface area (Å²) in [5.41, 5.74) is 3.28. The van der Waals surface area contributed by atoms with Crippen LogP contribution in [0.1, 0.15) is 68.0 Å². The zero-order chi connectivity index (χ0) is 26.0. The number of nitrogens with zero attached hydrogens (tertiary/aromatic N) is 2. The molecule has 1 aliphatic heterocycles. The van der Waals surface area contributed by atoms with Crippen LogP contribution < -0.4 is 5.32 Å². The molecule has 1 aromatic heterocycles. The molecular formula is C28H35N3O4S. The van der Waals surface area contributed by atoms with Crippen LogP contribution in [0.4, 0.5) is 0 Å². The molecule has 1 unspecified atom stereocenters. The summed E-state index contributed by atoms with van der Waals surface area (Å²) in [6.07, 6.45) is 7.91. The second kappa shape index (κ2) is 11.0. The number of carbonyl (C=O) groups excluding carboxylic acids is 2. The van der Waals surface area contributed by atoms with Gasteiger partial charge < -0.3 is 15.0 Å². The average molecular weight is 510 g/mol. The largest absolute Gasteiger partial charge is 0.481 e. The Morgan fingerprint density at radius 3 is 2.56 bits per heavy atom. The van der Waals surface area contributed by atoms with Crippen molar-refractivity contribution in [1.82, 2.24) is 9.88 Å². The van der Waals surface area contributed by atoms with Gasteiger partial charge in [-0.1, -0.05) is 18.2 Å². The molecule has 8 heteroatoms. The molecule has 0 spiro atoms. The van der Waals surface area contributed by atoms with Crippen molar-refractivity contribution in [3.05, 3.63) is 46.5 Å². The third kappa shape index (κ3) is 5.28. The molecule has 2 aliphatic rings. The smallest absolute Gasteiger partial charge is 0.303 e. The van der Waals surface area contributed by atoms with E-state index in [0.29, 0.717) is 17.2 Å². The zero-order valence-electron chi connectivity index (χ0n) is 21.4. The van der Waals surface area contributed by atoms with E-state index in [4.69, 9.17) is 5.11 Å². The van der Waals surface area contributed by atoms with Gasteiger partial charge in [0.05, 0.1) is 11.5 Å². The van der Waals surface area contributed by atoms with Crippen LogP contribution in [0.15, 0.2) is 40.2 Å². The van der Waals surface area contributed by atoms with Crippen LogP contribution in [0.5, 0.6) is 0 Å². The van der Waals surface area contributed by atoms with Crippen molar-refractivity contribution in [2.24, 2.45) is 22.7 Å². The fourth-order valence-corrected chi connectivity index (χ4v) is 6.68. The molecule has 7 nitrogen and oxygen atoms in total. The number of rotatable bonds is 8. The number of carboxylic acids is 1. The van der Waals surface area contributed by atoms with Gasteiger partial charge in [-0.15, -0.1) is 11.8 Å². The number of aliphatic carboxylic acids is 1. The van der Waals surface area contributed by atoms with Crippen LogP contribution in [0, 0.1) is 24.7 Å². The highest BCUT2D eigenvalue weighted by molar-refractivity contribution is 8.02. The molecule has 2 heterocycles. The molecule has 0 bridgehead atoms. The van der Waals surface area contributed by atoms with E-state index in [9.17, 15) is 14.4 Å². The number of aliphatic imine (C=N–C) groups is 1. The average Bonchev–Trinajstić information content (AvgIpc) is 3.14.